The first-order valence-corrected chi connectivity index (χ1v) is 10.4. The Hall–Kier alpha value is -2.22. The summed E-state index contributed by atoms with van der Waals surface area (Å²) in [5.74, 6) is -0.0967. The van der Waals surface area contributed by atoms with Crippen LogP contribution in [0.15, 0.2) is 11.1 Å². The van der Waals surface area contributed by atoms with Gasteiger partial charge in [0.15, 0.2) is 0 Å². The minimum Gasteiger partial charge on any atom is -0.335 e. The highest BCUT2D eigenvalue weighted by molar-refractivity contribution is 7.18. The normalized spacial score (nSPS) is 21.8. The largest absolute Gasteiger partial charge is 0.335 e. The number of rotatable bonds is 3. The van der Waals surface area contributed by atoms with Crippen molar-refractivity contribution in [2.75, 3.05) is 0 Å². The van der Waals surface area contributed by atoms with E-state index in [1.54, 1.807) is 11.3 Å². The van der Waals surface area contributed by atoms with E-state index in [1.165, 1.54) is 22.2 Å². The van der Waals surface area contributed by atoms with Crippen molar-refractivity contribution in [3.05, 3.63) is 27.1 Å². The standard InChI is InChI=1S/C19H24N4O3S/c1-11-5-2-3-7-13(11)21-19(26)22-15(24)9-23-10-20-17-16(18(23)25)12-6-4-8-14(12)27-17/h10-11,13H,2-9H2,1H3,(H2,21,22,24,26)/t11-,13-/m0/s1. The Kier molecular flexibility index (Phi) is 4.99. The van der Waals surface area contributed by atoms with Gasteiger partial charge in [-0.2, -0.15) is 0 Å². The van der Waals surface area contributed by atoms with E-state index in [2.05, 4.69) is 22.5 Å². The third-order valence-electron chi connectivity index (χ3n) is 5.69. The zero-order valence-corrected chi connectivity index (χ0v) is 16.2. The molecule has 8 heteroatoms. The SMILES string of the molecule is C[C@H]1CCCC[C@@H]1NC(=O)NC(=O)Cn1cnc2sc3c(c2c1=O)CCC3. The van der Waals surface area contributed by atoms with Gasteiger partial charge in [-0.3, -0.25) is 19.5 Å². The third kappa shape index (κ3) is 3.63. The maximum Gasteiger partial charge on any atom is 0.321 e. The molecule has 1 saturated carbocycles. The molecule has 144 valence electrons. The Morgan fingerprint density at radius 1 is 1.26 bits per heavy atom. The number of thiophene rings is 1. The first-order chi connectivity index (χ1) is 13.0. The lowest BCUT2D eigenvalue weighted by atomic mass is 9.86. The zero-order valence-electron chi connectivity index (χ0n) is 15.4. The molecule has 2 aromatic rings. The van der Waals surface area contributed by atoms with Gasteiger partial charge >= 0.3 is 6.03 Å². The van der Waals surface area contributed by atoms with Crippen LogP contribution in [-0.2, 0) is 24.2 Å². The fraction of sp³-hybridized carbons (Fsp3) is 0.579. The zero-order chi connectivity index (χ0) is 19.0. The molecular formula is C19H24N4O3S. The van der Waals surface area contributed by atoms with Crippen molar-refractivity contribution >= 4 is 33.5 Å². The smallest absolute Gasteiger partial charge is 0.321 e. The number of nitrogens with zero attached hydrogens (tertiary/aromatic N) is 2. The summed E-state index contributed by atoms with van der Waals surface area (Å²) in [5, 5.41) is 5.87. The van der Waals surface area contributed by atoms with Crippen molar-refractivity contribution in [2.24, 2.45) is 5.92 Å². The number of amides is 3. The van der Waals surface area contributed by atoms with E-state index in [0.29, 0.717) is 11.3 Å². The number of hydrogen-bond acceptors (Lipinski definition) is 5. The summed E-state index contributed by atoms with van der Waals surface area (Å²) in [6, 6.07) is -0.391. The Morgan fingerprint density at radius 2 is 2.07 bits per heavy atom. The summed E-state index contributed by atoms with van der Waals surface area (Å²) < 4.78 is 1.29. The minimum atomic E-state index is -0.508. The van der Waals surface area contributed by atoms with Gasteiger partial charge in [0.2, 0.25) is 5.91 Å². The van der Waals surface area contributed by atoms with E-state index in [-0.39, 0.29) is 18.1 Å². The van der Waals surface area contributed by atoms with Crippen LogP contribution in [0.1, 0.15) is 49.5 Å². The topological polar surface area (TPSA) is 93.1 Å². The molecule has 0 saturated heterocycles. The van der Waals surface area contributed by atoms with E-state index >= 15 is 0 Å². The monoisotopic (exact) mass is 388 g/mol. The fourth-order valence-electron chi connectivity index (χ4n) is 4.19. The first-order valence-electron chi connectivity index (χ1n) is 9.63. The molecular weight excluding hydrogens is 364 g/mol. The van der Waals surface area contributed by atoms with Gasteiger partial charge < -0.3 is 5.32 Å². The number of imide groups is 1. The van der Waals surface area contributed by atoms with Crippen LogP contribution in [0.3, 0.4) is 0 Å². The molecule has 2 N–H and O–H groups in total. The number of hydrogen-bond donors (Lipinski definition) is 2. The molecule has 2 aromatic heterocycles. The molecule has 2 atom stereocenters. The second-order valence-electron chi connectivity index (χ2n) is 7.60. The van der Waals surface area contributed by atoms with Crippen LogP contribution in [0.4, 0.5) is 4.79 Å². The molecule has 3 amide bonds. The van der Waals surface area contributed by atoms with Crippen molar-refractivity contribution in [1.29, 1.82) is 0 Å². The van der Waals surface area contributed by atoms with E-state index in [1.807, 2.05) is 0 Å². The maximum atomic E-state index is 12.8. The molecule has 2 aliphatic rings. The van der Waals surface area contributed by atoms with Crippen LogP contribution < -0.4 is 16.2 Å². The van der Waals surface area contributed by atoms with Crippen LogP contribution in [0, 0.1) is 5.92 Å². The Morgan fingerprint density at radius 3 is 2.89 bits per heavy atom. The first kappa shape index (κ1) is 18.2. The van der Waals surface area contributed by atoms with Crippen LogP contribution in [0.2, 0.25) is 0 Å². The second-order valence-corrected chi connectivity index (χ2v) is 8.69. The minimum absolute atomic E-state index is 0.0979. The molecule has 27 heavy (non-hydrogen) atoms. The van der Waals surface area contributed by atoms with Crippen molar-refractivity contribution < 1.29 is 9.59 Å². The number of aromatic nitrogens is 2. The highest BCUT2D eigenvalue weighted by Gasteiger charge is 2.24. The average Bonchev–Trinajstić information content (AvgIpc) is 3.20. The highest BCUT2D eigenvalue weighted by atomic mass is 32.1. The number of nitrogens with one attached hydrogen (secondary N) is 2. The predicted molar refractivity (Wildman–Crippen MR) is 104 cm³/mol. The molecule has 0 bridgehead atoms. The number of urea groups is 1. The lowest BCUT2D eigenvalue weighted by Crippen LogP contribution is -2.48. The third-order valence-corrected chi connectivity index (χ3v) is 6.89. The predicted octanol–water partition coefficient (Wildman–Crippen LogP) is 2.35. The molecule has 0 unspecified atom stereocenters. The molecule has 2 aliphatic carbocycles. The summed E-state index contributed by atoms with van der Waals surface area (Å²) in [7, 11) is 0. The van der Waals surface area contributed by atoms with Gasteiger partial charge in [-0.05, 0) is 43.6 Å². The number of fused-ring (bicyclic) bond motifs is 3. The van der Waals surface area contributed by atoms with Gasteiger partial charge in [0.1, 0.15) is 11.4 Å². The van der Waals surface area contributed by atoms with Gasteiger partial charge in [0.05, 0.1) is 11.7 Å². The van der Waals surface area contributed by atoms with Crippen LogP contribution in [0.5, 0.6) is 0 Å². The lowest BCUT2D eigenvalue weighted by Gasteiger charge is -2.29. The van der Waals surface area contributed by atoms with Crippen LogP contribution >= 0.6 is 11.3 Å². The number of carbonyl (C=O) groups excluding carboxylic acids is 2. The molecule has 4 rings (SSSR count). The van der Waals surface area contributed by atoms with E-state index < -0.39 is 11.9 Å². The summed E-state index contributed by atoms with van der Waals surface area (Å²) in [4.78, 5) is 43.5. The van der Waals surface area contributed by atoms with Gasteiger partial charge in [-0.25, -0.2) is 9.78 Å². The summed E-state index contributed by atoms with van der Waals surface area (Å²) in [5.41, 5.74) is 0.891. The van der Waals surface area contributed by atoms with Crippen molar-refractivity contribution in [1.82, 2.24) is 20.2 Å². The quantitative estimate of drug-likeness (QED) is 0.844. The van der Waals surface area contributed by atoms with E-state index in [4.69, 9.17) is 0 Å². The molecule has 0 aromatic carbocycles. The number of aryl methyl sites for hydroxylation is 2. The molecule has 2 heterocycles. The van der Waals surface area contributed by atoms with Gasteiger partial charge in [0, 0.05) is 10.9 Å². The molecule has 0 spiro atoms. The van der Waals surface area contributed by atoms with E-state index in [9.17, 15) is 14.4 Å². The summed E-state index contributed by atoms with van der Waals surface area (Å²) >= 11 is 1.57. The average molecular weight is 388 g/mol. The van der Waals surface area contributed by atoms with Crippen molar-refractivity contribution in [2.45, 2.75) is 64.5 Å². The van der Waals surface area contributed by atoms with Gasteiger partial charge in [-0.15, -0.1) is 11.3 Å². The second kappa shape index (κ2) is 7.42. The summed E-state index contributed by atoms with van der Waals surface area (Å²) in [6.45, 7) is 1.91. The van der Waals surface area contributed by atoms with Crippen LogP contribution in [-0.4, -0.2) is 27.5 Å². The Bertz CT molecular complexity index is 948. The van der Waals surface area contributed by atoms with Crippen molar-refractivity contribution in [3.63, 3.8) is 0 Å². The number of carbonyl (C=O) groups is 2. The molecule has 7 nitrogen and oxygen atoms in total. The van der Waals surface area contributed by atoms with Gasteiger partial charge in [0.25, 0.3) is 5.56 Å². The Balaban J connectivity index is 1.43. The lowest BCUT2D eigenvalue weighted by molar-refractivity contribution is -0.120. The molecule has 1 fully saturated rings. The van der Waals surface area contributed by atoms with Crippen molar-refractivity contribution in [3.8, 4) is 0 Å². The van der Waals surface area contributed by atoms with Gasteiger partial charge in [-0.1, -0.05) is 19.8 Å². The van der Waals surface area contributed by atoms with Crippen LogP contribution in [0.25, 0.3) is 10.2 Å². The van der Waals surface area contributed by atoms with E-state index in [0.717, 1.165) is 48.9 Å². The maximum absolute atomic E-state index is 12.8. The highest BCUT2D eigenvalue weighted by Crippen LogP contribution is 2.34. The molecule has 0 aliphatic heterocycles. The molecule has 0 radical (unpaired) electrons. The summed E-state index contributed by atoms with van der Waals surface area (Å²) in [6.07, 6.45) is 8.65. The Labute approximate surface area is 161 Å². The fourth-order valence-corrected chi connectivity index (χ4v) is 5.41.